The van der Waals surface area contributed by atoms with Gasteiger partial charge in [-0.05, 0) is 6.42 Å². The molecule has 4 rings (SSSR count). The number of anilines is 2. The number of nitrogen functional groups attached to an aromatic ring is 1. The molecule has 11 heteroatoms. The molecule has 124 valence electrons. The van der Waals surface area contributed by atoms with Crippen molar-refractivity contribution in [2.24, 2.45) is 5.92 Å². The van der Waals surface area contributed by atoms with Gasteiger partial charge in [0.05, 0.1) is 24.4 Å². The molecule has 2 aromatic heterocycles. The first-order chi connectivity index (χ1) is 10.9. The number of nitrogens with zero attached hydrogens (tertiary/aromatic N) is 4. The van der Waals surface area contributed by atoms with Crippen LogP contribution in [-0.2, 0) is 14.8 Å². The van der Waals surface area contributed by atoms with Gasteiger partial charge in [-0.2, -0.15) is 4.98 Å². The van der Waals surface area contributed by atoms with Crippen molar-refractivity contribution in [1.29, 1.82) is 0 Å². The Morgan fingerprint density at radius 1 is 1.43 bits per heavy atom. The van der Waals surface area contributed by atoms with Crippen LogP contribution in [-0.4, -0.2) is 59.1 Å². The van der Waals surface area contributed by atoms with Crippen molar-refractivity contribution in [3.05, 3.63) is 12.4 Å². The van der Waals surface area contributed by atoms with Crippen LogP contribution in [0.1, 0.15) is 6.42 Å². The highest BCUT2D eigenvalue weighted by molar-refractivity contribution is 7.88. The number of aromatic nitrogens is 4. The third-order valence-electron chi connectivity index (χ3n) is 4.37. The largest absolute Gasteiger partial charge is 0.376 e. The van der Waals surface area contributed by atoms with E-state index in [1.54, 1.807) is 10.5 Å². The van der Waals surface area contributed by atoms with Gasteiger partial charge in [-0.1, -0.05) is 0 Å². The Morgan fingerprint density at radius 3 is 3.04 bits per heavy atom. The Hall–Kier alpha value is -1.98. The quantitative estimate of drug-likeness (QED) is 0.633. The van der Waals surface area contributed by atoms with Crippen LogP contribution in [0.5, 0.6) is 0 Å². The van der Waals surface area contributed by atoms with E-state index in [1.807, 2.05) is 0 Å². The summed E-state index contributed by atoms with van der Waals surface area (Å²) < 4.78 is 33.0. The number of ether oxygens (including phenoxy) is 1. The highest BCUT2D eigenvalue weighted by Crippen LogP contribution is 2.40. The number of nitrogens with one attached hydrogen (secondary N) is 2. The van der Waals surface area contributed by atoms with E-state index in [9.17, 15) is 8.42 Å². The summed E-state index contributed by atoms with van der Waals surface area (Å²) in [7, 11) is -3.32. The van der Waals surface area contributed by atoms with Gasteiger partial charge in [-0.3, -0.25) is 4.40 Å². The fourth-order valence-corrected chi connectivity index (χ4v) is 4.16. The number of hydrogen-bond acceptors (Lipinski definition) is 8. The minimum atomic E-state index is -3.32. The number of hydrogen-bond donors (Lipinski definition) is 3. The Bertz CT molecular complexity index is 851. The average molecular weight is 339 g/mol. The lowest BCUT2D eigenvalue weighted by Gasteiger charge is -2.47. The van der Waals surface area contributed by atoms with Crippen LogP contribution >= 0.6 is 0 Å². The van der Waals surface area contributed by atoms with Crippen molar-refractivity contribution >= 4 is 27.4 Å². The number of sulfonamides is 1. The van der Waals surface area contributed by atoms with E-state index >= 15 is 0 Å². The Labute approximate surface area is 132 Å². The van der Waals surface area contributed by atoms with Crippen LogP contribution in [0.25, 0.3) is 5.65 Å². The smallest absolute Gasteiger partial charge is 0.209 e. The summed E-state index contributed by atoms with van der Waals surface area (Å²) in [6.45, 7) is 0.633. The van der Waals surface area contributed by atoms with E-state index in [4.69, 9.17) is 10.5 Å². The van der Waals surface area contributed by atoms with Crippen molar-refractivity contribution in [3.8, 4) is 0 Å². The molecule has 1 saturated carbocycles. The summed E-state index contributed by atoms with van der Waals surface area (Å²) in [6.07, 6.45) is 3.41. The van der Waals surface area contributed by atoms with Crippen molar-refractivity contribution in [3.63, 3.8) is 0 Å². The third-order valence-corrected chi connectivity index (χ3v) is 5.07. The van der Waals surface area contributed by atoms with E-state index in [2.05, 4.69) is 25.2 Å². The summed E-state index contributed by atoms with van der Waals surface area (Å²) in [4.78, 5) is 4.27. The summed E-state index contributed by atoms with van der Waals surface area (Å²) in [5, 5.41) is 11.0. The van der Waals surface area contributed by atoms with Crippen LogP contribution in [0.15, 0.2) is 12.4 Å². The summed E-state index contributed by atoms with van der Waals surface area (Å²) >= 11 is 0. The predicted octanol–water partition coefficient (Wildman–Crippen LogP) is -1.18. The van der Waals surface area contributed by atoms with E-state index in [0.29, 0.717) is 18.1 Å². The van der Waals surface area contributed by atoms with Gasteiger partial charge in [0, 0.05) is 18.6 Å². The maximum atomic E-state index is 11.6. The molecule has 0 aromatic carbocycles. The molecule has 1 saturated heterocycles. The molecular formula is C12H17N7O3S. The zero-order chi connectivity index (χ0) is 16.2. The highest BCUT2D eigenvalue weighted by atomic mass is 32.2. The Kier molecular flexibility index (Phi) is 3.18. The van der Waals surface area contributed by atoms with Gasteiger partial charge in [0.1, 0.15) is 12.1 Å². The predicted molar refractivity (Wildman–Crippen MR) is 82.2 cm³/mol. The molecule has 0 radical (unpaired) electrons. The summed E-state index contributed by atoms with van der Waals surface area (Å²) in [5.41, 5.74) is 6.45. The second-order valence-electron chi connectivity index (χ2n) is 5.93. The molecule has 0 bridgehead atoms. The zero-order valence-electron chi connectivity index (χ0n) is 12.4. The highest BCUT2D eigenvalue weighted by Gasteiger charge is 2.55. The Morgan fingerprint density at radius 2 is 2.26 bits per heavy atom. The minimum absolute atomic E-state index is 0.101. The van der Waals surface area contributed by atoms with E-state index in [1.165, 1.54) is 6.33 Å². The van der Waals surface area contributed by atoms with Crippen LogP contribution in [0.3, 0.4) is 0 Å². The second-order valence-corrected chi connectivity index (χ2v) is 7.71. The van der Waals surface area contributed by atoms with Gasteiger partial charge in [0.2, 0.25) is 16.0 Å². The first-order valence-corrected chi connectivity index (χ1v) is 9.13. The first-order valence-electron chi connectivity index (χ1n) is 7.24. The lowest BCUT2D eigenvalue weighted by atomic mass is 9.72. The monoisotopic (exact) mass is 339 g/mol. The molecule has 0 amide bonds. The second kappa shape index (κ2) is 5.01. The zero-order valence-corrected chi connectivity index (χ0v) is 13.2. The van der Waals surface area contributed by atoms with Gasteiger partial charge in [-0.15, -0.1) is 10.2 Å². The number of fused-ring (bicyclic) bond motifs is 2. The molecule has 23 heavy (non-hydrogen) atoms. The summed E-state index contributed by atoms with van der Waals surface area (Å²) in [5.74, 6) is 1.05. The van der Waals surface area contributed by atoms with Gasteiger partial charge in [0.25, 0.3) is 0 Å². The molecule has 4 N–H and O–H groups in total. The van der Waals surface area contributed by atoms with E-state index < -0.39 is 10.0 Å². The molecule has 10 nitrogen and oxygen atoms in total. The SMILES string of the molecule is CS(=O)(=O)N[C@@H]1[C@@H](Nc2cc3nncn3c(N)n2)[C@H]2CCO[C@H]21. The van der Waals surface area contributed by atoms with Gasteiger partial charge < -0.3 is 15.8 Å². The topological polar surface area (TPSA) is 137 Å². The molecular weight excluding hydrogens is 322 g/mol. The molecule has 1 aliphatic carbocycles. The molecule has 3 heterocycles. The van der Waals surface area contributed by atoms with Crippen molar-refractivity contribution in [2.75, 3.05) is 23.9 Å². The average Bonchev–Trinajstić information content (AvgIpc) is 3.09. The maximum Gasteiger partial charge on any atom is 0.209 e. The normalized spacial score (nSPS) is 30.1. The molecule has 2 fully saturated rings. The lowest BCUT2D eigenvalue weighted by molar-refractivity contribution is -0.00317. The fourth-order valence-electron chi connectivity index (χ4n) is 3.39. The maximum absolute atomic E-state index is 11.6. The molecule has 0 unspecified atom stereocenters. The van der Waals surface area contributed by atoms with Gasteiger partial charge in [-0.25, -0.2) is 13.1 Å². The summed E-state index contributed by atoms with van der Waals surface area (Å²) in [6, 6.07) is 1.30. The molecule has 2 aromatic rings. The molecule has 0 spiro atoms. The van der Waals surface area contributed by atoms with Gasteiger partial charge >= 0.3 is 0 Å². The first kappa shape index (κ1) is 14.6. The molecule has 2 aliphatic rings. The van der Waals surface area contributed by atoms with E-state index in [-0.39, 0.29) is 30.1 Å². The van der Waals surface area contributed by atoms with Gasteiger partial charge in [0.15, 0.2) is 5.65 Å². The number of rotatable bonds is 4. The van der Waals surface area contributed by atoms with Crippen molar-refractivity contribution in [1.82, 2.24) is 24.3 Å². The van der Waals surface area contributed by atoms with Crippen molar-refractivity contribution < 1.29 is 13.2 Å². The van der Waals surface area contributed by atoms with Crippen LogP contribution in [0, 0.1) is 5.92 Å². The van der Waals surface area contributed by atoms with E-state index in [0.717, 1.165) is 12.7 Å². The molecule has 1 aliphatic heterocycles. The fraction of sp³-hybridized carbons (Fsp3) is 0.583. The minimum Gasteiger partial charge on any atom is -0.376 e. The Balaban J connectivity index is 1.60. The molecule has 4 atom stereocenters. The lowest BCUT2D eigenvalue weighted by Crippen LogP contribution is -2.68. The number of nitrogens with two attached hydrogens (primary N) is 1. The standard InChI is InChI=1S/C12H17N7O3S/c1-23(20,21)18-10-9(6-2-3-22-11(6)10)15-7-4-8-17-14-5-19(8)12(13)16-7/h4-6,9-11,15,18H,2-3H2,1H3,(H2,13,16)/t6-,9+,10-,11-/m1/s1. The van der Waals surface area contributed by atoms with Crippen LogP contribution in [0.2, 0.25) is 0 Å². The third kappa shape index (κ3) is 2.50. The van der Waals surface area contributed by atoms with Crippen molar-refractivity contribution in [2.45, 2.75) is 24.6 Å². The van der Waals surface area contributed by atoms with Crippen LogP contribution in [0.4, 0.5) is 11.8 Å². The van der Waals surface area contributed by atoms with Crippen LogP contribution < -0.4 is 15.8 Å².